The van der Waals surface area contributed by atoms with Gasteiger partial charge < -0.3 is 14.9 Å². The number of likely N-dealkylation sites (tertiary alicyclic amines) is 2. The number of carboxylic acid groups (broad SMARTS) is 1. The average Bonchev–Trinajstić information content (AvgIpc) is 2.83. The molecule has 3 rings (SSSR count). The summed E-state index contributed by atoms with van der Waals surface area (Å²) in [5.41, 5.74) is -0.805. The molecule has 24 heavy (non-hydrogen) atoms. The molecule has 1 N–H and O–H groups in total. The second-order valence-electron chi connectivity index (χ2n) is 6.70. The Balaban J connectivity index is 1.85. The minimum atomic E-state index is -0.804. The number of aromatic nitrogens is 1. The first-order chi connectivity index (χ1) is 11.5. The predicted octanol–water partition coefficient (Wildman–Crippen LogP) is 1.48. The lowest BCUT2D eigenvalue weighted by atomic mass is 9.75. The van der Waals surface area contributed by atoms with E-state index in [0.717, 1.165) is 12.7 Å². The summed E-state index contributed by atoms with van der Waals surface area (Å²) in [5.74, 6) is -1.94. The fraction of sp³-hybridized carbons (Fsp3) is 0.588. The van der Waals surface area contributed by atoms with Gasteiger partial charge in [0.1, 0.15) is 0 Å². The molecular formula is C17H22FN3O3. The van der Waals surface area contributed by atoms with Crippen LogP contribution in [0.5, 0.6) is 0 Å². The first-order valence-electron chi connectivity index (χ1n) is 8.32. The van der Waals surface area contributed by atoms with Crippen molar-refractivity contribution in [1.82, 2.24) is 14.8 Å². The van der Waals surface area contributed by atoms with Crippen LogP contribution >= 0.6 is 0 Å². The predicted molar refractivity (Wildman–Crippen MR) is 85.0 cm³/mol. The van der Waals surface area contributed by atoms with Gasteiger partial charge in [0.15, 0.2) is 5.82 Å². The second kappa shape index (κ2) is 6.47. The summed E-state index contributed by atoms with van der Waals surface area (Å²) < 4.78 is 13.9. The summed E-state index contributed by atoms with van der Waals surface area (Å²) >= 11 is 0. The maximum Gasteiger partial charge on any atom is 0.311 e. The van der Waals surface area contributed by atoms with Crippen LogP contribution in [0.1, 0.15) is 30.1 Å². The number of hydrogen-bond donors (Lipinski definition) is 1. The van der Waals surface area contributed by atoms with Crippen molar-refractivity contribution in [3.8, 4) is 0 Å². The van der Waals surface area contributed by atoms with Crippen LogP contribution in [0.3, 0.4) is 0 Å². The van der Waals surface area contributed by atoms with Gasteiger partial charge in [0, 0.05) is 38.3 Å². The largest absolute Gasteiger partial charge is 0.481 e. The van der Waals surface area contributed by atoms with Gasteiger partial charge in [-0.05, 0) is 25.5 Å². The molecule has 1 aromatic rings. The van der Waals surface area contributed by atoms with Crippen LogP contribution in [0.4, 0.5) is 4.39 Å². The third kappa shape index (κ3) is 2.77. The molecule has 0 unspecified atom stereocenters. The molecule has 3 heterocycles. The topological polar surface area (TPSA) is 73.7 Å². The van der Waals surface area contributed by atoms with Gasteiger partial charge in [0.05, 0.1) is 17.2 Å². The Kier molecular flexibility index (Phi) is 4.54. The molecule has 0 spiro atoms. The first-order valence-corrected chi connectivity index (χ1v) is 8.32. The maximum atomic E-state index is 13.9. The Morgan fingerprint density at radius 3 is 2.92 bits per heavy atom. The molecule has 0 aromatic carbocycles. The highest BCUT2D eigenvalue weighted by Crippen LogP contribution is 2.43. The molecule has 2 aliphatic heterocycles. The number of nitrogens with zero attached hydrogens (tertiary/aromatic N) is 3. The van der Waals surface area contributed by atoms with Gasteiger partial charge in [-0.3, -0.25) is 14.6 Å². The SMILES string of the molecule is CCN1C[C@@H]2CN(C(=O)c3ccncc3F)CCC[C@]2(C(=O)O)C1. The number of hydrogen-bond acceptors (Lipinski definition) is 4. The van der Waals surface area contributed by atoms with Gasteiger partial charge in [-0.15, -0.1) is 0 Å². The van der Waals surface area contributed by atoms with Gasteiger partial charge >= 0.3 is 5.97 Å². The lowest BCUT2D eigenvalue weighted by molar-refractivity contribution is -0.150. The van der Waals surface area contributed by atoms with E-state index in [1.54, 1.807) is 4.90 Å². The van der Waals surface area contributed by atoms with Crippen LogP contribution in [0.2, 0.25) is 0 Å². The van der Waals surface area contributed by atoms with Gasteiger partial charge in [-0.2, -0.15) is 0 Å². The zero-order chi connectivity index (χ0) is 17.3. The van der Waals surface area contributed by atoms with Gasteiger partial charge in [-0.1, -0.05) is 6.92 Å². The maximum absolute atomic E-state index is 13.9. The molecule has 2 aliphatic rings. The third-order valence-corrected chi connectivity index (χ3v) is 5.42. The van der Waals surface area contributed by atoms with Crippen LogP contribution in [0.15, 0.2) is 18.5 Å². The fourth-order valence-corrected chi connectivity index (χ4v) is 4.03. The molecule has 2 saturated heterocycles. The standard InChI is InChI=1S/C17H22FN3O3/c1-2-20-9-12-10-21(7-3-5-17(12,11-20)16(23)24)15(22)13-4-6-19-8-14(13)18/h4,6,8,12H,2-3,5,7,9-11H2,1H3,(H,23,24)/t12-,17+/m1/s1. The fourth-order valence-electron chi connectivity index (χ4n) is 4.03. The lowest BCUT2D eigenvalue weighted by Gasteiger charge is -2.29. The molecular weight excluding hydrogens is 313 g/mol. The van der Waals surface area contributed by atoms with E-state index in [-0.39, 0.29) is 17.4 Å². The summed E-state index contributed by atoms with van der Waals surface area (Å²) in [6.07, 6.45) is 3.58. The first kappa shape index (κ1) is 16.8. The summed E-state index contributed by atoms with van der Waals surface area (Å²) in [6, 6.07) is 1.38. The average molecular weight is 335 g/mol. The van der Waals surface area contributed by atoms with Crippen LogP contribution in [-0.2, 0) is 4.79 Å². The van der Waals surface area contributed by atoms with Gasteiger partial charge in [-0.25, -0.2) is 4.39 Å². The van der Waals surface area contributed by atoms with E-state index >= 15 is 0 Å². The number of carbonyl (C=O) groups is 2. The molecule has 1 amide bonds. The van der Waals surface area contributed by atoms with E-state index in [1.807, 2.05) is 6.92 Å². The molecule has 6 nitrogen and oxygen atoms in total. The summed E-state index contributed by atoms with van der Waals surface area (Å²) in [4.78, 5) is 32.1. The summed E-state index contributed by atoms with van der Waals surface area (Å²) in [6.45, 7) is 4.79. The number of carbonyl (C=O) groups excluding carboxylic acids is 1. The molecule has 130 valence electrons. The zero-order valence-electron chi connectivity index (χ0n) is 13.7. The Hall–Kier alpha value is -2.02. The van der Waals surface area contributed by atoms with E-state index in [4.69, 9.17) is 0 Å². The normalized spacial score (nSPS) is 27.6. The van der Waals surface area contributed by atoms with Crippen molar-refractivity contribution in [2.45, 2.75) is 19.8 Å². The highest BCUT2D eigenvalue weighted by molar-refractivity contribution is 5.94. The van der Waals surface area contributed by atoms with Gasteiger partial charge in [0.25, 0.3) is 5.91 Å². The number of fused-ring (bicyclic) bond motifs is 1. The molecule has 2 fully saturated rings. The Morgan fingerprint density at radius 2 is 2.25 bits per heavy atom. The number of halogens is 1. The Morgan fingerprint density at radius 1 is 1.46 bits per heavy atom. The van der Waals surface area contributed by atoms with E-state index in [0.29, 0.717) is 39.0 Å². The number of rotatable bonds is 3. The van der Waals surface area contributed by atoms with Crippen molar-refractivity contribution >= 4 is 11.9 Å². The van der Waals surface area contributed by atoms with Crippen molar-refractivity contribution in [3.63, 3.8) is 0 Å². The molecule has 0 radical (unpaired) electrons. The minimum Gasteiger partial charge on any atom is -0.481 e. The smallest absolute Gasteiger partial charge is 0.311 e. The van der Waals surface area contributed by atoms with Crippen LogP contribution in [-0.4, -0.2) is 64.5 Å². The zero-order valence-corrected chi connectivity index (χ0v) is 13.7. The molecule has 1 aromatic heterocycles. The van der Waals surface area contributed by atoms with Crippen molar-refractivity contribution in [3.05, 3.63) is 29.8 Å². The van der Waals surface area contributed by atoms with Crippen molar-refractivity contribution in [1.29, 1.82) is 0 Å². The van der Waals surface area contributed by atoms with Gasteiger partial charge in [0.2, 0.25) is 0 Å². The Bertz CT molecular complexity index is 654. The molecule has 7 heteroatoms. The van der Waals surface area contributed by atoms with E-state index in [2.05, 4.69) is 9.88 Å². The molecule has 0 bridgehead atoms. The summed E-state index contributed by atoms with van der Waals surface area (Å²) in [5, 5.41) is 9.83. The van der Waals surface area contributed by atoms with E-state index in [9.17, 15) is 19.1 Å². The quantitative estimate of drug-likeness (QED) is 0.906. The van der Waals surface area contributed by atoms with Crippen LogP contribution in [0, 0.1) is 17.2 Å². The van der Waals surface area contributed by atoms with Crippen LogP contribution in [0.25, 0.3) is 0 Å². The molecule has 2 atom stereocenters. The van der Waals surface area contributed by atoms with Crippen LogP contribution < -0.4 is 0 Å². The lowest BCUT2D eigenvalue weighted by Crippen LogP contribution is -2.42. The minimum absolute atomic E-state index is 0.00169. The number of amides is 1. The van der Waals surface area contributed by atoms with Crippen molar-refractivity contribution in [2.24, 2.45) is 11.3 Å². The highest BCUT2D eigenvalue weighted by atomic mass is 19.1. The highest BCUT2D eigenvalue weighted by Gasteiger charge is 2.53. The number of pyridine rings is 1. The van der Waals surface area contributed by atoms with Crippen molar-refractivity contribution in [2.75, 3.05) is 32.7 Å². The molecule has 0 aliphatic carbocycles. The van der Waals surface area contributed by atoms with Crippen molar-refractivity contribution < 1.29 is 19.1 Å². The second-order valence-corrected chi connectivity index (χ2v) is 6.70. The van der Waals surface area contributed by atoms with E-state index < -0.39 is 17.2 Å². The monoisotopic (exact) mass is 335 g/mol. The summed E-state index contributed by atoms with van der Waals surface area (Å²) in [7, 11) is 0. The third-order valence-electron chi connectivity index (χ3n) is 5.42. The number of carboxylic acids is 1. The molecule has 0 saturated carbocycles. The number of aliphatic carboxylic acids is 1. The van der Waals surface area contributed by atoms with E-state index in [1.165, 1.54) is 12.3 Å². The Labute approximate surface area is 140 Å².